The third kappa shape index (κ3) is 2.23. The maximum absolute atomic E-state index is 12.2. The molecule has 19 heavy (non-hydrogen) atoms. The molecule has 3 rings (SSSR count). The van der Waals surface area contributed by atoms with E-state index in [1.165, 1.54) is 5.69 Å². The Balaban J connectivity index is 1.73. The number of carbonyl (C=O) groups is 1. The highest BCUT2D eigenvalue weighted by Gasteiger charge is 2.24. The van der Waals surface area contributed by atoms with Crippen molar-refractivity contribution in [3.05, 3.63) is 47.0 Å². The molecule has 0 radical (unpaired) electrons. The molecule has 0 saturated carbocycles. The first-order valence-corrected chi connectivity index (χ1v) is 6.47. The highest BCUT2D eigenvalue weighted by molar-refractivity contribution is 5.94. The van der Waals surface area contributed by atoms with Crippen molar-refractivity contribution >= 4 is 5.91 Å². The van der Waals surface area contributed by atoms with E-state index >= 15 is 0 Å². The second-order valence-corrected chi connectivity index (χ2v) is 4.79. The van der Waals surface area contributed by atoms with Crippen molar-refractivity contribution in [2.45, 2.75) is 25.8 Å². The van der Waals surface area contributed by atoms with Crippen LogP contribution in [0, 0.1) is 0 Å². The van der Waals surface area contributed by atoms with Gasteiger partial charge in [0.05, 0.1) is 0 Å². The molecule has 1 aliphatic carbocycles. The normalized spacial score (nSPS) is 13.3. The molecule has 0 fully saturated rings. The van der Waals surface area contributed by atoms with Gasteiger partial charge in [-0.3, -0.25) is 14.5 Å². The van der Waals surface area contributed by atoms with Crippen molar-refractivity contribution in [1.29, 1.82) is 0 Å². The van der Waals surface area contributed by atoms with E-state index in [1.807, 2.05) is 23.9 Å². The lowest BCUT2D eigenvalue weighted by atomic mass is 10.2. The summed E-state index contributed by atoms with van der Waals surface area (Å²) < 4.78 is 1.83. The molecule has 0 aliphatic heterocycles. The molecule has 5 nitrogen and oxygen atoms in total. The maximum Gasteiger partial charge on any atom is 0.272 e. The van der Waals surface area contributed by atoms with Gasteiger partial charge in [0.25, 0.3) is 5.91 Å². The molecule has 0 unspecified atom stereocenters. The monoisotopic (exact) mass is 256 g/mol. The van der Waals surface area contributed by atoms with Crippen LogP contribution in [0.1, 0.15) is 33.7 Å². The Labute approximate surface area is 111 Å². The van der Waals surface area contributed by atoms with E-state index in [0.717, 1.165) is 30.4 Å². The van der Waals surface area contributed by atoms with Gasteiger partial charge in [-0.1, -0.05) is 6.07 Å². The molecule has 5 heteroatoms. The molecule has 0 saturated heterocycles. The fourth-order valence-electron chi connectivity index (χ4n) is 2.56. The van der Waals surface area contributed by atoms with Crippen LogP contribution in [0.3, 0.4) is 0 Å². The van der Waals surface area contributed by atoms with E-state index in [4.69, 9.17) is 0 Å². The Bertz CT molecular complexity index is 603. The largest absolute Gasteiger partial charge is 0.346 e. The molecule has 0 aromatic carbocycles. The third-order valence-corrected chi connectivity index (χ3v) is 3.51. The summed E-state index contributed by atoms with van der Waals surface area (Å²) in [5.74, 6) is -0.0948. The maximum atomic E-state index is 12.2. The Morgan fingerprint density at radius 2 is 2.37 bits per heavy atom. The van der Waals surface area contributed by atoms with Gasteiger partial charge >= 0.3 is 0 Å². The molecule has 0 bridgehead atoms. The van der Waals surface area contributed by atoms with Crippen LogP contribution in [0.4, 0.5) is 0 Å². The number of pyridine rings is 1. The van der Waals surface area contributed by atoms with Crippen LogP contribution in [0.25, 0.3) is 0 Å². The molecule has 2 aromatic heterocycles. The second-order valence-electron chi connectivity index (χ2n) is 4.79. The van der Waals surface area contributed by atoms with Crippen molar-refractivity contribution in [3.8, 4) is 0 Å². The van der Waals surface area contributed by atoms with E-state index < -0.39 is 0 Å². The van der Waals surface area contributed by atoms with Crippen LogP contribution in [-0.4, -0.2) is 20.7 Å². The van der Waals surface area contributed by atoms with Crippen LogP contribution >= 0.6 is 0 Å². The number of carbonyl (C=O) groups excluding carboxylic acids is 1. The van der Waals surface area contributed by atoms with Crippen LogP contribution in [0.5, 0.6) is 0 Å². The van der Waals surface area contributed by atoms with Crippen molar-refractivity contribution in [1.82, 2.24) is 20.1 Å². The first-order chi connectivity index (χ1) is 9.25. The third-order valence-electron chi connectivity index (χ3n) is 3.51. The molecule has 0 atom stereocenters. The summed E-state index contributed by atoms with van der Waals surface area (Å²) in [6.45, 7) is 0.484. The molecule has 1 amide bonds. The van der Waals surface area contributed by atoms with Gasteiger partial charge in [0.15, 0.2) is 5.69 Å². The number of aryl methyl sites for hydroxylation is 1. The summed E-state index contributed by atoms with van der Waals surface area (Å²) in [6, 6.07) is 3.80. The number of nitrogens with one attached hydrogen (secondary N) is 1. The zero-order valence-electron chi connectivity index (χ0n) is 10.9. The number of aromatic nitrogens is 3. The Morgan fingerprint density at radius 1 is 1.47 bits per heavy atom. The zero-order valence-corrected chi connectivity index (χ0v) is 10.9. The summed E-state index contributed by atoms with van der Waals surface area (Å²) in [6.07, 6.45) is 6.57. The van der Waals surface area contributed by atoms with Gasteiger partial charge in [0.2, 0.25) is 0 Å². The quantitative estimate of drug-likeness (QED) is 0.898. The SMILES string of the molecule is Cn1nc(C(=O)NCc2cccnc2)c2c1CCC2. The lowest BCUT2D eigenvalue weighted by Gasteiger charge is -2.03. The Hall–Kier alpha value is -2.17. The average molecular weight is 256 g/mol. The summed E-state index contributed by atoms with van der Waals surface area (Å²) in [7, 11) is 1.90. The average Bonchev–Trinajstić information content (AvgIpc) is 3.02. The van der Waals surface area contributed by atoms with Gasteiger partial charge in [0.1, 0.15) is 0 Å². The lowest BCUT2D eigenvalue weighted by molar-refractivity contribution is 0.0944. The minimum atomic E-state index is -0.0948. The highest BCUT2D eigenvalue weighted by atomic mass is 16.1. The summed E-state index contributed by atoms with van der Waals surface area (Å²) in [5.41, 5.74) is 3.89. The van der Waals surface area contributed by atoms with E-state index in [-0.39, 0.29) is 5.91 Å². The molecular formula is C14H16N4O. The van der Waals surface area contributed by atoms with Crippen molar-refractivity contribution in [3.63, 3.8) is 0 Å². The minimum absolute atomic E-state index is 0.0948. The van der Waals surface area contributed by atoms with Crippen LogP contribution < -0.4 is 5.32 Å². The molecule has 2 heterocycles. The molecule has 98 valence electrons. The van der Waals surface area contributed by atoms with Gasteiger partial charge in [-0.15, -0.1) is 0 Å². The van der Waals surface area contributed by atoms with Crippen LogP contribution in [0.2, 0.25) is 0 Å². The van der Waals surface area contributed by atoms with Gasteiger partial charge < -0.3 is 5.32 Å². The number of rotatable bonds is 3. The molecular weight excluding hydrogens is 240 g/mol. The standard InChI is InChI=1S/C14H16N4O/c1-18-12-6-2-5-11(12)13(17-18)14(19)16-9-10-4-3-7-15-8-10/h3-4,7-8H,2,5-6,9H2,1H3,(H,16,19). The smallest absolute Gasteiger partial charge is 0.272 e. The minimum Gasteiger partial charge on any atom is -0.346 e. The van der Waals surface area contributed by atoms with Crippen molar-refractivity contribution in [2.75, 3.05) is 0 Å². The highest BCUT2D eigenvalue weighted by Crippen LogP contribution is 2.24. The van der Waals surface area contributed by atoms with Crippen molar-refractivity contribution < 1.29 is 4.79 Å². The first kappa shape index (κ1) is 11.9. The Kier molecular flexibility index (Phi) is 3.03. The fourth-order valence-corrected chi connectivity index (χ4v) is 2.56. The Morgan fingerprint density at radius 3 is 3.16 bits per heavy atom. The molecule has 2 aromatic rings. The fraction of sp³-hybridized carbons (Fsp3) is 0.357. The molecule has 1 N–H and O–H groups in total. The first-order valence-electron chi connectivity index (χ1n) is 6.47. The number of fused-ring (bicyclic) bond motifs is 1. The summed E-state index contributed by atoms with van der Waals surface area (Å²) >= 11 is 0. The lowest BCUT2D eigenvalue weighted by Crippen LogP contribution is -2.24. The van der Waals surface area contributed by atoms with Crippen LogP contribution in [-0.2, 0) is 26.4 Å². The number of nitrogens with zero attached hydrogens (tertiary/aromatic N) is 3. The van der Waals surface area contributed by atoms with Gasteiger partial charge in [-0.25, -0.2) is 0 Å². The zero-order chi connectivity index (χ0) is 13.2. The van der Waals surface area contributed by atoms with Gasteiger partial charge in [-0.2, -0.15) is 5.10 Å². The molecule has 0 spiro atoms. The van der Waals surface area contributed by atoms with Gasteiger partial charge in [0, 0.05) is 37.2 Å². The van der Waals surface area contributed by atoms with Crippen molar-refractivity contribution in [2.24, 2.45) is 7.05 Å². The predicted molar refractivity (Wildman–Crippen MR) is 70.6 cm³/mol. The predicted octanol–water partition coefficient (Wildman–Crippen LogP) is 1.23. The summed E-state index contributed by atoms with van der Waals surface area (Å²) in [4.78, 5) is 16.2. The topological polar surface area (TPSA) is 59.8 Å². The molecule has 1 aliphatic rings. The number of amides is 1. The second kappa shape index (κ2) is 4.84. The number of hydrogen-bond donors (Lipinski definition) is 1. The van der Waals surface area contributed by atoms with E-state index in [9.17, 15) is 4.79 Å². The van der Waals surface area contributed by atoms with Crippen LogP contribution in [0.15, 0.2) is 24.5 Å². The van der Waals surface area contributed by atoms with E-state index in [0.29, 0.717) is 12.2 Å². The van der Waals surface area contributed by atoms with Gasteiger partial charge in [-0.05, 0) is 30.9 Å². The number of hydrogen-bond acceptors (Lipinski definition) is 3. The summed E-state index contributed by atoms with van der Waals surface area (Å²) in [5, 5.41) is 7.24. The van der Waals surface area contributed by atoms with E-state index in [1.54, 1.807) is 12.4 Å². The van der Waals surface area contributed by atoms with E-state index in [2.05, 4.69) is 15.4 Å².